The van der Waals surface area contributed by atoms with Gasteiger partial charge in [0.2, 0.25) is 0 Å². The van der Waals surface area contributed by atoms with Crippen LogP contribution in [0.5, 0.6) is 0 Å². The number of hydrogen-bond donors (Lipinski definition) is 4. The second-order valence-corrected chi connectivity index (χ2v) is 9.81. The Labute approximate surface area is 260 Å². The Hall–Kier alpha value is -5.73. The Morgan fingerprint density at radius 1 is 0.848 bits per heavy atom. The van der Waals surface area contributed by atoms with E-state index >= 15 is 0 Å². The number of aliphatic hydroxyl groups excluding tert-OH is 1. The summed E-state index contributed by atoms with van der Waals surface area (Å²) in [7, 11) is 0. The number of nitrogens with one attached hydrogen (secondary N) is 2. The number of aromatic nitrogens is 4. The van der Waals surface area contributed by atoms with E-state index < -0.39 is 9.85 Å². The van der Waals surface area contributed by atoms with Gasteiger partial charge in [-0.05, 0) is 22.0 Å². The molecule has 0 aliphatic carbocycles. The van der Waals surface area contributed by atoms with Gasteiger partial charge in [0.1, 0.15) is 43.5 Å². The minimum Gasteiger partial charge on any atom is -0.392 e. The zero-order valence-electron chi connectivity index (χ0n) is 25.3. The summed E-state index contributed by atoms with van der Waals surface area (Å²) in [6, 6.07) is 6.58. The number of aliphatic hydroxyl groups is 1. The molecule has 0 saturated carbocycles. The topological polar surface area (TPSA) is 269 Å². The second-order valence-electron chi connectivity index (χ2n) is 9.81. The summed E-state index contributed by atoms with van der Waals surface area (Å²) in [6.07, 6.45) is 3.78. The lowest BCUT2D eigenvalue weighted by Gasteiger charge is -2.13. The molecule has 2 aliphatic rings. The van der Waals surface area contributed by atoms with Crippen molar-refractivity contribution >= 4 is 29.3 Å². The van der Waals surface area contributed by atoms with E-state index in [2.05, 4.69) is 20.7 Å². The van der Waals surface area contributed by atoms with Crippen molar-refractivity contribution in [2.75, 3.05) is 26.2 Å². The van der Waals surface area contributed by atoms with Crippen molar-refractivity contribution in [2.24, 2.45) is 0 Å². The van der Waals surface area contributed by atoms with E-state index in [4.69, 9.17) is 5.11 Å². The number of nitrogens with zero attached hydrogens (tertiary/aromatic N) is 8. The summed E-state index contributed by atoms with van der Waals surface area (Å²) < 4.78 is 2.74. The molecule has 5 rings (SSSR count). The number of amides is 2. The molecule has 1 unspecified atom stereocenters. The first kappa shape index (κ1) is 34.8. The van der Waals surface area contributed by atoms with E-state index in [0.717, 1.165) is 21.8 Å². The maximum Gasteiger partial charge on any atom is 0.499 e. The molecule has 0 fully saturated rings. The summed E-state index contributed by atoms with van der Waals surface area (Å²) in [4.78, 5) is 67.2. The van der Waals surface area contributed by atoms with Crippen LogP contribution in [0.2, 0.25) is 0 Å². The van der Waals surface area contributed by atoms with Gasteiger partial charge in [0.05, 0.1) is 31.2 Å². The molecule has 0 spiro atoms. The molecule has 2 aromatic heterocycles. The highest BCUT2D eigenvalue weighted by molar-refractivity contribution is 6.21. The lowest BCUT2D eigenvalue weighted by atomic mass is 10.1. The van der Waals surface area contributed by atoms with Crippen LogP contribution in [-0.2, 0) is 13.1 Å². The number of carbonyl (C=O) groups excluding carboxylic acids is 2. The largest absolute Gasteiger partial charge is 0.499 e. The van der Waals surface area contributed by atoms with Crippen molar-refractivity contribution in [2.45, 2.75) is 33.9 Å². The maximum absolute atomic E-state index is 12.2. The van der Waals surface area contributed by atoms with E-state index in [1.54, 1.807) is 38.1 Å². The van der Waals surface area contributed by atoms with Crippen molar-refractivity contribution in [3.05, 3.63) is 102 Å². The number of fused-ring (bicyclic) bond motifs is 1. The molecule has 6 N–H and O–H groups in total. The van der Waals surface area contributed by atoms with Crippen LogP contribution in [0.15, 0.2) is 48.7 Å². The zero-order valence-corrected chi connectivity index (χ0v) is 25.3. The highest BCUT2D eigenvalue weighted by atomic mass is 16.6. The van der Waals surface area contributed by atoms with Crippen molar-refractivity contribution in [1.29, 1.82) is 0 Å². The zero-order chi connectivity index (χ0) is 34.1. The van der Waals surface area contributed by atoms with Gasteiger partial charge in [0, 0.05) is 13.8 Å². The number of carbonyl (C=O) groups is 2. The third kappa shape index (κ3) is 7.67. The lowest BCUT2D eigenvalue weighted by Crippen LogP contribution is -3.16. The Bertz CT molecular complexity index is 1680. The van der Waals surface area contributed by atoms with E-state index in [0.29, 0.717) is 35.9 Å². The van der Waals surface area contributed by atoms with Crippen LogP contribution in [0, 0.1) is 44.2 Å². The fraction of sp³-hybridized carbons (Fsp3) is 0.346. The summed E-state index contributed by atoms with van der Waals surface area (Å²) >= 11 is 0. The smallest absolute Gasteiger partial charge is 0.392 e. The normalized spacial score (nSPS) is 14.9. The van der Waals surface area contributed by atoms with Crippen LogP contribution in [0.1, 0.15) is 39.3 Å². The third-order valence-corrected chi connectivity index (χ3v) is 7.00. The molecular weight excluding hydrogens is 610 g/mol. The molecule has 0 radical (unpaired) electrons. The van der Waals surface area contributed by atoms with E-state index in [1.165, 1.54) is 21.5 Å². The Morgan fingerprint density at radius 2 is 1.35 bits per heavy atom. The average molecular weight is 645 g/mol. The lowest BCUT2D eigenvalue weighted by molar-refractivity contribution is -0.846. The standard InChI is InChI=1S/C14H12N4O4.C6H10N4O2.C6H9N3O3/c1-9-15-8-12(18(21)22)16(9)6-7-17-13(19)10-4-2-3-5-11(10)14(17)20;1-5-8-4-6(10(11)12)9(5)3-2-7;1-5-7-4-6(9(11)12)8(5)2-3-10/h2-5,8H,6-7H2,1H3;4H,2-3,7H2,1H3;4,10H,2-3H2,1H3/p+3. The summed E-state index contributed by atoms with van der Waals surface area (Å²) in [5.74, 6) is 1.05. The van der Waals surface area contributed by atoms with Gasteiger partial charge in [0.15, 0.2) is 11.6 Å². The molecule has 20 nitrogen and oxygen atoms in total. The third-order valence-electron chi connectivity index (χ3n) is 7.00. The van der Waals surface area contributed by atoms with Gasteiger partial charge in [-0.15, -0.1) is 4.90 Å². The van der Waals surface area contributed by atoms with Crippen molar-refractivity contribution < 1.29 is 45.1 Å². The number of rotatable bonds is 10. The molecular formula is C26H34N11O9+3. The Kier molecular flexibility index (Phi) is 11.6. The molecule has 1 aromatic carbocycles. The van der Waals surface area contributed by atoms with Gasteiger partial charge in [-0.1, -0.05) is 12.1 Å². The second kappa shape index (κ2) is 15.3. The first-order chi connectivity index (χ1) is 21.8. The average Bonchev–Trinajstić information content (AvgIpc) is 3.75. The molecule has 4 heterocycles. The highest BCUT2D eigenvalue weighted by Gasteiger charge is 2.39. The number of benzene rings is 1. The van der Waals surface area contributed by atoms with E-state index in [1.807, 2.05) is 6.92 Å². The number of quaternary nitrogens is 2. The fourth-order valence-electron chi connectivity index (χ4n) is 4.70. The molecule has 20 heteroatoms. The summed E-state index contributed by atoms with van der Waals surface area (Å²) in [6.45, 7) is 6.74. The number of hydrogen-bond acceptors (Lipinski definition) is 11. The van der Waals surface area contributed by atoms with Crippen LogP contribution in [0.3, 0.4) is 0 Å². The van der Waals surface area contributed by atoms with Crippen LogP contribution >= 0.6 is 0 Å². The summed E-state index contributed by atoms with van der Waals surface area (Å²) in [5.41, 5.74) is 4.40. The first-order valence-electron chi connectivity index (χ1n) is 13.8. The van der Waals surface area contributed by atoms with Crippen LogP contribution in [0.25, 0.3) is 0 Å². The molecule has 2 amide bonds. The molecule has 2 aliphatic heterocycles. The van der Waals surface area contributed by atoms with Crippen molar-refractivity contribution in [1.82, 2.24) is 24.0 Å². The predicted octanol–water partition coefficient (Wildman–Crippen LogP) is -2.81. The van der Waals surface area contributed by atoms with Crippen molar-refractivity contribution in [3.8, 4) is 0 Å². The van der Waals surface area contributed by atoms with E-state index in [9.17, 15) is 39.9 Å². The molecule has 3 aromatic rings. The number of aryl methyl sites for hydroxylation is 2. The van der Waals surface area contributed by atoms with E-state index in [-0.39, 0.29) is 60.4 Å². The number of imidazole rings is 2. The summed E-state index contributed by atoms with van der Waals surface area (Å²) in [5, 5.41) is 40.4. The van der Waals surface area contributed by atoms with Crippen LogP contribution in [-0.4, -0.2) is 87.8 Å². The number of nitro groups is 3. The molecule has 1 atom stereocenters. The first-order valence-corrected chi connectivity index (χ1v) is 13.8. The van der Waals surface area contributed by atoms with Gasteiger partial charge in [-0.2, -0.15) is 4.99 Å². The van der Waals surface area contributed by atoms with Crippen LogP contribution in [0.4, 0.5) is 11.6 Å². The number of imide groups is 1. The Balaban J connectivity index is 0.000000205. The predicted molar refractivity (Wildman–Crippen MR) is 156 cm³/mol. The fourth-order valence-corrected chi connectivity index (χ4v) is 4.70. The van der Waals surface area contributed by atoms with Gasteiger partial charge in [-0.3, -0.25) is 24.6 Å². The monoisotopic (exact) mass is 644 g/mol. The van der Waals surface area contributed by atoms with Gasteiger partial charge < -0.3 is 31.1 Å². The number of amidine groups is 1. The van der Waals surface area contributed by atoms with Crippen LogP contribution < -0.4 is 15.6 Å². The van der Waals surface area contributed by atoms with Gasteiger partial charge in [-0.25, -0.2) is 19.1 Å². The van der Waals surface area contributed by atoms with Gasteiger partial charge >= 0.3 is 29.5 Å². The minimum atomic E-state index is -0.539. The quantitative estimate of drug-likeness (QED) is 0.0993. The molecule has 0 bridgehead atoms. The molecule has 0 saturated heterocycles. The Morgan fingerprint density at radius 3 is 1.78 bits per heavy atom. The maximum atomic E-state index is 12.2. The van der Waals surface area contributed by atoms with Crippen molar-refractivity contribution in [3.63, 3.8) is 0 Å². The highest BCUT2D eigenvalue weighted by Crippen LogP contribution is 2.23. The molecule has 244 valence electrons. The van der Waals surface area contributed by atoms with Gasteiger partial charge in [0.25, 0.3) is 11.8 Å². The minimum absolute atomic E-state index is 0.0599. The molecule has 46 heavy (non-hydrogen) atoms. The SMILES string of the molecule is CC1=[NH+]C=C([N+](=O)[O-])[NH+]1CC[NH3+].Cc1ncc([N+](=O)[O-])n1CCN1C(=O)c2ccccc2C1=O.Cc1ncc([N+](=O)[O-])n1CCO.